The average molecular weight is 572 g/mol. The Kier molecular flexibility index (Phi) is 8.44. The number of anilines is 4. The number of nitrogens with one attached hydrogen (secondary N) is 2. The number of rotatable bonds is 9. The third kappa shape index (κ3) is 6.31. The zero-order chi connectivity index (χ0) is 28.5. The van der Waals surface area contributed by atoms with Gasteiger partial charge in [-0.05, 0) is 69.6 Å². The Balaban J connectivity index is 1.71. The van der Waals surface area contributed by atoms with Gasteiger partial charge in [-0.3, -0.25) is 4.90 Å². The van der Waals surface area contributed by atoms with Crippen LogP contribution in [0, 0.1) is 0 Å². The van der Waals surface area contributed by atoms with E-state index < -0.39 is 15.1 Å². The topological polar surface area (TPSA) is 96.5 Å². The number of halogens is 1. The molecule has 10 heteroatoms. The Morgan fingerprint density at radius 3 is 2.49 bits per heavy atom. The third-order valence-corrected chi connectivity index (χ3v) is 9.30. The highest BCUT2D eigenvalue weighted by molar-refractivity contribution is 7.92. The van der Waals surface area contributed by atoms with E-state index >= 15 is 0 Å². The zero-order valence-corrected chi connectivity index (χ0v) is 25.2. The third-order valence-electron chi connectivity index (χ3n) is 6.82. The van der Waals surface area contributed by atoms with Crippen LogP contribution in [0.25, 0.3) is 0 Å². The summed E-state index contributed by atoms with van der Waals surface area (Å²) in [4.78, 5) is 11.6. The summed E-state index contributed by atoms with van der Waals surface area (Å²) >= 11 is 6.44. The van der Waals surface area contributed by atoms with Crippen LogP contribution in [0.4, 0.5) is 23.1 Å². The van der Waals surface area contributed by atoms with E-state index in [1.165, 1.54) is 17.3 Å². The van der Waals surface area contributed by atoms with Gasteiger partial charge in [0.2, 0.25) is 5.95 Å². The minimum Gasteiger partial charge on any atom is -0.489 e. The van der Waals surface area contributed by atoms with E-state index in [1.807, 2.05) is 13.8 Å². The number of hydrogen-bond acceptors (Lipinski definition) is 8. The molecule has 0 saturated heterocycles. The van der Waals surface area contributed by atoms with Crippen LogP contribution in [0.3, 0.4) is 0 Å². The van der Waals surface area contributed by atoms with Gasteiger partial charge in [-0.15, -0.1) is 0 Å². The lowest BCUT2D eigenvalue weighted by Crippen LogP contribution is -2.42. The van der Waals surface area contributed by atoms with Crippen LogP contribution in [-0.4, -0.2) is 47.7 Å². The summed E-state index contributed by atoms with van der Waals surface area (Å²) in [5.41, 5.74) is 3.64. The molecule has 0 amide bonds. The molecule has 1 aliphatic rings. The van der Waals surface area contributed by atoms with Crippen molar-refractivity contribution in [2.24, 2.45) is 0 Å². The van der Waals surface area contributed by atoms with Gasteiger partial charge in [0.25, 0.3) is 0 Å². The second-order valence-electron chi connectivity index (χ2n) is 11.1. The molecule has 0 aliphatic carbocycles. The van der Waals surface area contributed by atoms with Gasteiger partial charge in [-0.1, -0.05) is 44.5 Å². The lowest BCUT2D eigenvalue weighted by Gasteiger charge is -2.40. The summed E-state index contributed by atoms with van der Waals surface area (Å²) in [7, 11) is -3.53. The summed E-state index contributed by atoms with van der Waals surface area (Å²) < 4.78 is 32.1. The predicted molar refractivity (Wildman–Crippen MR) is 159 cm³/mol. The van der Waals surface area contributed by atoms with E-state index in [1.54, 1.807) is 38.1 Å². The molecule has 2 aromatic carbocycles. The summed E-state index contributed by atoms with van der Waals surface area (Å²) in [6.45, 7) is 16.8. The summed E-state index contributed by atoms with van der Waals surface area (Å²) in [6, 6.07) is 11.0. The van der Waals surface area contributed by atoms with Crippen molar-refractivity contribution in [2.75, 3.05) is 23.7 Å². The van der Waals surface area contributed by atoms with E-state index in [9.17, 15) is 8.42 Å². The number of ether oxygens (including phenoxy) is 1. The van der Waals surface area contributed by atoms with Crippen molar-refractivity contribution >= 4 is 44.6 Å². The highest BCUT2D eigenvalue weighted by atomic mass is 35.5. The van der Waals surface area contributed by atoms with Crippen LogP contribution >= 0.6 is 11.6 Å². The molecule has 0 unspecified atom stereocenters. The number of hydrogen-bond donors (Lipinski definition) is 2. The summed E-state index contributed by atoms with van der Waals surface area (Å²) in [5.74, 6) is 1.33. The van der Waals surface area contributed by atoms with Gasteiger partial charge in [-0.2, -0.15) is 4.98 Å². The molecular formula is C29H38ClN5O3S. The largest absolute Gasteiger partial charge is 0.489 e. The molecule has 0 fully saturated rings. The fraction of sp³-hybridized carbons (Fsp3) is 0.448. The van der Waals surface area contributed by atoms with Gasteiger partial charge < -0.3 is 15.4 Å². The molecular weight excluding hydrogens is 534 g/mol. The van der Waals surface area contributed by atoms with Gasteiger partial charge >= 0.3 is 0 Å². The first kappa shape index (κ1) is 29.1. The molecule has 0 bridgehead atoms. The van der Waals surface area contributed by atoms with Gasteiger partial charge in [0, 0.05) is 18.5 Å². The Morgan fingerprint density at radius 2 is 1.82 bits per heavy atom. The molecule has 4 rings (SSSR count). The maximum atomic E-state index is 12.9. The van der Waals surface area contributed by atoms with Gasteiger partial charge in [0.1, 0.15) is 10.8 Å². The molecule has 1 aromatic heterocycles. The lowest BCUT2D eigenvalue weighted by atomic mass is 9.78. The molecule has 210 valence electrons. The number of para-hydroxylation sites is 1. The van der Waals surface area contributed by atoms with Crippen LogP contribution in [0.2, 0.25) is 5.02 Å². The second-order valence-corrected chi connectivity index (χ2v) is 14.0. The van der Waals surface area contributed by atoms with Crippen LogP contribution in [0.15, 0.2) is 47.5 Å². The molecule has 1 aliphatic heterocycles. The SMILES string of the molecule is CCN1Cc2cc(Nc3ncc(Cl)c(Nc4ccccc4S(=O)(=O)C(C)C)n3)c(OC(C)C)cc2C(C)(C)C1. The molecule has 0 spiro atoms. The van der Waals surface area contributed by atoms with E-state index in [4.69, 9.17) is 16.3 Å². The van der Waals surface area contributed by atoms with Crippen molar-refractivity contribution in [1.29, 1.82) is 0 Å². The Bertz CT molecular complexity index is 1460. The number of benzene rings is 2. The minimum absolute atomic E-state index is 0.0191. The van der Waals surface area contributed by atoms with Crippen LogP contribution in [0.1, 0.15) is 59.6 Å². The number of nitrogens with zero attached hydrogens (tertiary/aromatic N) is 3. The molecule has 0 radical (unpaired) electrons. The monoisotopic (exact) mass is 571 g/mol. The quantitative estimate of drug-likeness (QED) is 0.293. The van der Waals surface area contributed by atoms with Crippen molar-refractivity contribution < 1.29 is 13.2 Å². The Hall–Kier alpha value is -2.88. The standard InChI is InChI=1S/C29H38ClN5O3S/c1-8-35-16-20-13-24(25(38-18(2)3)14-21(20)29(6,7)17-35)33-28-31-15-22(30)27(34-28)32-23-11-9-10-12-26(23)39(36,37)19(4)5/h9-15,18-19H,8,16-17H2,1-7H3,(H2,31,32,33,34). The Labute approximate surface area is 237 Å². The minimum atomic E-state index is -3.53. The van der Waals surface area contributed by atoms with Gasteiger partial charge in [-0.25, -0.2) is 13.4 Å². The predicted octanol–water partition coefficient (Wildman–Crippen LogP) is 6.70. The van der Waals surface area contributed by atoms with Crippen molar-refractivity contribution in [2.45, 2.75) is 76.7 Å². The van der Waals surface area contributed by atoms with Crippen molar-refractivity contribution in [3.05, 3.63) is 58.7 Å². The van der Waals surface area contributed by atoms with Gasteiger partial charge in [0.05, 0.1) is 33.8 Å². The van der Waals surface area contributed by atoms with E-state index in [-0.39, 0.29) is 21.4 Å². The zero-order valence-electron chi connectivity index (χ0n) is 23.7. The van der Waals surface area contributed by atoms with Crippen LogP contribution in [0.5, 0.6) is 5.75 Å². The molecule has 3 aromatic rings. The van der Waals surface area contributed by atoms with Crippen LogP contribution < -0.4 is 15.4 Å². The van der Waals surface area contributed by atoms with Crippen molar-refractivity contribution in [1.82, 2.24) is 14.9 Å². The smallest absolute Gasteiger partial charge is 0.229 e. The van der Waals surface area contributed by atoms with Gasteiger partial charge in [0.15, 0.2) is 15.7 Å². The molecule has 0 saturated carbocycles. The first-order valence-electron chi connectivity index (χ1n) is 13.3. The maximum absolute atomic E-state index is 12.9. The summed E-state index contributed by atoms with van der Waals surface area (Å²) in [6.07, 6.45) is 1.47. The number of fused-ring (bicyclic) bond motifs is 1. The normalized spacial score (nSPS) is 15.3. The molecule has 0 atom stereocenters. The fourth-order valence-electron chi connectivity index (χ4n) is 4.83. The number of likely N-dealkylation sites (N-methyl/N-ethyl adjacent to an activating group) is 1. The maximum Gasteiger partial charge on any atom is 0.229 e. The first-order valence-corrected chi connectivity index (χ1v) is 15.2. The summed E-state index contributed by atoms with van der Waals surface area (Å²) in [5, 5.41) is 6.12. The molecule has 39 heavy (non-hydrogen) atoms. The Morgan fingerprint density at radius 1 is 1.10 bits per heavy atom. The number of sulfone groups is 1. The highest BCUT2D eigenvalue weighted by Crippen LogP contribution is 2.40. The first-order chi connectivity index (χ1) is 18.3. The van der Waals surface area contributed by atoms with E-state index in [0.29, 0.717) is 17.5 Å². The van der Waals surface area contributed by atoms with Crippen molar-refractivity contribution in [3.8, 4) is 5.75 Å². The van der Waals surface area contributed by atoms with E-state index in [2.05, 4.69) is 58.4 Å². The van der Waals surface area contributed by atoms with E-state index in [0.717, 1.165) is 31.1 Å². The lowest BCUT2D eigenvalue weighted by molar-refractivity contribution is 0.201. The molecule has 2 heterocycles. The fourth-order valence-corrected chi connectivity index (χ4v) is 6.17. The number of aromatic nitrogens is 2. The second kappa shape index (κ2) is 11.3. The van der Waals surface area contributed by atoms with Crippen LogP contribution in [-0.2, 0) is 21.8 Å². The highest BCUT2D eigenvalue weighted by Gasteiger charge is 2.32. The molecule has 2 N–H and O–H groups in total. The average Bonchev–Trinajstić information content (AvgIpc) is 2.86. The van der Waals surface area contributed by atoms with Crippen molar-refractivity contribution in [3.63, 3.8) is 0 Å². The molecule has 8 nitrogen and oxygen atoms in total.